The summed E-state index contributed by atoms with van der Waals surface area (Å²) < 4.78 is 32.5. The summed E-state index contributed by atoms with van der Waals surface area (Å²) in [7, 11) is -0.946. The van der Waals surface area contributed by atoms with Gasteiger partial charge in [-0.3, -0.25) is 4.79 Å². The maximum Gasteiger partial charge on any atom is 0.324 e. The molecule has 114 valence electrons. The van der Waals surface area contributed by atoms with E-state index in [2.05, 4.69) is 9.46 Å². The summed E-state index contributed by atoms with van der Waals surface area (Å²) in [5.74, 6) is -0.583. The lowest BCUT2D eigenvalue weighted by Crippen LogP contribution is -2.53. The van der Waals surface area contributed by atoms with Crippen LogP contribution in [-0.4, -0.2) is 45.4 Å². The first-order valence-electron chi connectivity index (χ1n) is 6.37. The Kier molecular flexibility index (Phi) is 6.96. The Morgan fingerprint density at radius 3 is 2.26 bits per heavy atom. The van der Waals surface area contributed by atoms with Gasteiger partial charge in [0, 0.05) is 13.6 Å². The Bertz CT molecular complexity index is 387. The van der Waals surface area contributed by atoms with Gasteiger partial charge in [0.25, 0.3) is 10.2 Å². The summed E-state index contributed by atoms with van der Waals surface area (Å²) in [5.41, 5.74) is -0.564. The fourth-order valence-electron chi connectivity index (χ4n) is 1.44. The van der Waals surface area contributed by atoms with Crippen molar-refractivity contribution in [3.63, 3.8) is 0 Å². The summed E-state index contributed by atoms with van der Waals surface area (Å²) in [6.45, 7) is 7.75. The SMILES string of the molecule is CCCCN(C)S(=O)(=O)NC(C(=O)OC)C(C)(C)C. The van der Waals surface area contributed by atoms with Gasteiger partial charge in [-0.05, 0) is 11.8 Å². The summed E-state index contributed by atoms with van der Waals surface area (Å²) >= 11 is 0. The molecule has 1 atom stereocenters. The molecule has 0 spiro atoms. The van der Waals surface area contributed by atoms with Crippen molar-refractivity contribution in [1.29, 1.82) is 0 Å². The predicted octanol–water partition coefficient (Wildman–Crippen LogP) is 1.14. The Morgan fingerprint density at radius 1 is 1.37 bits per heavy atom. The Hall–Kier alpha value is -0.660. The number of hydrogen-bond acceptors (Lipinski definition) is 4. The number of methoxy groups -OCH3 is 1. The summed E-state index contributed by atoms with van der Waals surface area (Å²) in [6, 6.07) is -0.911. The van der Waals surface area contributed by atoms with E-state index in [1.54, 1.807) is 20.8 Å². The molecular weight excluding hydrogens is 268 g/mol. The first kappa shape index (κ1) is 18.3. The van der Waals surface area contributed by atoms with Crippen LogP contribution < -0.4 is 4.72 Å². The molecule has 0 saturated carbocycles. The van der Waals surface area contributed by atoms with Crippen molar-refractivity contribution < 1.29 is 17.9 Å². The van der Waals surface area contributed by atoms with Crippen LogP contribution in [0.15, 0.2) is 0 Å². The van der Waals surface area contributed by atoms with Crippen molar-refractivity contribution in [2.45, 2.75) is 46.6 Å². The zero-order chi connectivity index (χ0) is 15.3. The van der Waals surface area contributed by atoms with Crippen LogP contribution in [0.25, 0.3) is 0 Å². The maximum absolute atomic E-state index is 12.1. The highest BCUT2D eigenvalue weighted by Crippen LogP contribution is 2.21. The molecule has 0 rings (SSSR count). The van der Waals surface area contributed by atoms with Crippen LogP contribution in [0.4, 0.5) is 0 Å². The van der Waals surface area contributed by atoms with Crippen molar-refractivity contribution in [3.8, 4) is 0 Å². The second-order valence-corrected chi connectivity index (χ2v) is 7.43. The normalized spacial score (nSPS) is 14.5. The number of rotatable bonds is 7. The zero-order valence-corrected chi connectivity index (χ0v) is 13.5. The minimum Gasteiger partial charge on any atom is -0.468 e. The molecule has 0 amide bonds. The molecule has 0 aromatic carbocycles. The van der Waals surface area contributed by atoms with E-state index in [4.69, 9.17) is 0 Å². The van der Waals surface area contributed by atoms with E-state index in [1.807, 2.05) is 6.92 Å². The monoisotopic (exact) mass is 294 g/mol. The third-order valence-electron chi connectivity index (χ3n) is 2.81. The van der Waals surface area contributed by atoms with Crippen LogP contribution in [0, 0.1) is 5.41 Å². The van der Waals surface area contributed by atoms with Crippen molar-refractivity contribution >= 4 is 16.2 Å². The largest absolute Gasteiger partial charge is 0.468 e. The first-order chi connectivity index (χ1) is 8.56. The third kappa shape index (κ3) is 5.88. The number of unbranched alkanes of at least 4 members (excludes halogenated alkanes) is 1. The average Bonchev–Trinajstić information content (AvgIpc) is 2.30. The van der Waals surface area contributed by atoms with E-state index < -0.39 is 27.6 Å². The Labute approximate surface area is 116 Å². The van der Waals surface area contributed by atoms with Crippen LogP contribution >= 0.6 is 0 Å². The highest BCUT2D eigenvalue weighted by molar-refractivity contribution is 7.87. The predicted molar refractivity (Wildman–Crippen MR) is 74.9 cm³/mol. The third-order valence-corrected chi connectivity index (χ3v) is 4.34. The molecule has 6 nitrogen and oxygen atoms in total. The van der Waals surface area contributed by atoms with Crippen LogP contribution in [0.5, 0.6) is 0 Å². The van der Waals surface area contributed by atoms with Crippen molar-refractivity contribution in [2.24, 2.45) is 5.41 Å². The van der Waals surface area contributed by atoms with Crippen LogP contribution in [0.2, 0.25) is 0 Å². The highest BCUT2D eigenvalue weighted by Gasteiger charge is 2.36. The Morgan fingerprint density at radius 2 is 1.89 bits per heavy atom. The molecule has 0 aliphatic rings. The van der Waals surface area contributed by atoms with E-state index in [-0.39, 0.29) is 0 Å². The van der Waals surface area contributed by atoms with Gasteiger partial charge in [0.05, 0.1) is 7.11 Å². The maximum atomic E-state index is 12.1. The lowest BCUT2D eigenvalue weighted by atomic mass is 9.87. The van der Waals surface area contributed by atoms with Crippen molar-refractivity contribution in [1.82, 2.24) is 9.03 Å². The molecule has 0 aliphatic heterocycles. The fourth-order valence-corrected chi connectivity index (χ4v) is 2.73. The average molecular weight is 294 g/mol. The molecule has 7 heteroatoms. The van der Waals surface area contributed by atoms with Gasteiger partial charge in [-0.15, -0.1) is 0 Å². The number of esters is 1. The van der Waals surface area contributed by atoms with Gasteiger partial charge < -0.3 is 4.74 Å². The molecule has 0 fully saturated rings. The van der Waals surface area contributed by atoms with E-state index in [0.717, 1.165) is 12.8 Å². The molecular formula is C12H26N2O4S. The molecule has 0 aromatic heterocycles. The number of nitrogens with one attached hydrogen (secondary N) is 1. The van der Waals surface area contributed by atoms with E-state index in [9.17, 15) is 13.2 Å². The van der Waals surface area contributed by atoms with Gasteiger partial charge in [0.1, 0.15) is 6.04 Å². The van der Waals surface area contributed by atoms with Crippen molar-refractivity contribution in [3.05, 3.63) is 0 Å². The lowest BCUT2D eigenvalue weighted by Gasteiger charge is -2.30. The second-order valence-electron chi connectivity index (χ2n) is 5.62. The van der Waals surface area contributed by atoms with Gasteiger partial charge in [-0.2, -0.15) is 17.4 Å². The number of ether oxygens (including phenoxy) is 1. The quantitative estimate of drug-likeness (QED) is 0.714. The smallest absolute Gasteiger partial charge is 0.324 e. The summed E-state index contributed by atoms with van der Waals surface area (Å²) in [4.78, 5) is 11.7. The number of carbonyl (C=O) groups excluding carboxylic acids is 1. The van der Waals surface area contributed by atoms with Gasteiger partial charge in [-0.1, -0.05) is 34.1 Å². The summed E-state index contributed by atoms with van der Waals surface area (Å²) in [5, 5.41) is 0. The minimum atomic E-state index is -3.69. The molecule has 1 N–H and O–H groups in total. The van der Waals surface area contributed by atoms with Crippen molar-refractivity contribution in [2.75, 3.05) is 20.7 Å². The molecule has 0 bridgehead atoms. The molecule has 1 unspecified atom stereocenters. The minimum absolute atomic E-state index is 0.421. The Balaban J connectivity index is 4.98. The first-order valence-corrected chi connectivity index (χ1v) is 7.81. The van der Waals surface area contributed by atoms with Gasteiger partial charge >= 0.3 is 5.97 Å². The fraction of sp³-hybridized carbons (Fsp3) is 0.917. The standard InChI is InChI=1S/C12H26N2O4S/c1-7-8-9-14(5)19(16,17)13-10(11(15)18-6)12(2,3)4/h10,13H,7-9H2,1-6H3. The molecule has 0 aromatic rings. The molecule has 0 saturated heterocycles. The number of nitrogens with zero attached hydrogens (tertiary/aromatic N) is 1. The van der Waals surface area contributed by atoms with Crippen LogP contribution in [-0.2, 0) is 19.7 Å². The molecule has 0 heterocycles. The van der Waals surface area contributed by atoms with Gasteiger partial charge in [0.2, 0.25) is 0 Å². The molecule has 0 aliphatic carbocycles. The van der Waals surface area contributed by atoms with E-state index in [0.29, 0.717) is 6.54 Å². The number of hydrogen-bond donors (Lipinski definition) is 1. The van der Waals surface area contributed by atoms with Gasteiger partial charge in [-0.25, -0.2) is 0 Å². The zero-order valence-electron chi connectivity index (χ0n) is 12.7. The van der Waals surface area contributed by atoms with Crippen LogP contribution in [0.1, 0.15) is 40.5 Å². The van der Waals surface area contributed by atoms with Gasteiger partial charge in [0.15, 0.2) is 0 Å². The second kappa shape index (κ2) is 7.21. The number of carbonyl (C=O) groups is 1. The lowest BCUT2D eigenvalue weighted by molar-refractivity contribution is -0.145. The van der Waals surface area contributed by atoms with E-state index in [1.165, 1.54) is 18.5 Å². The molecule has 19 heavy (non-hydrogen) atoms. The van der Waals surface area contributed by atoms with Crippen LogP contribution in [0.3, 0.4) is 0 Å². The van der Waals surface area contributed by atoms with E-state index >= 15 is 0 Å². The highest BCUT2D eigenvalue weighted by atomic mass is 32.2. The molecule has 0 radical (unpaired) electrons. The summed E-state index contributed by atoms with van der Waals surface area (Å²) in [6.07, 6.45) is 1.68. The topological polar surface area (TPSA) is 75.7 Å².